The average molecular weight is 404 g/mol. The number of H-pyrrole nitrogens is 1. The summed E-state index contributed by atoms with van der Waals surface area (Å²) < 4.78 is 16.3. The van der Waals surface area contributed by atoms with E-state index in [1.807, 2.05) is 48.7 Å². The van der Waals surface area contributed by atoms with Gasteiger partial charge in [-0.05, 0) is 29.8 Å². The van der Waals surface area contributed by atoms with Crippen LogP contribution in [0.25, 0.3) is 10.9 Å². The molecule has 0 radical (unpaired) electrons. The molecule has 0 bridgehead atoms. The summed E-state index contributed by atoms with van der Waals surface area (Å²) >= 11 is 0. The van der Waals surface area contributed by atoms with E-state index in [4.69, 9.17) is 13.9 Å². The first-order valence-corrected chi connectivity index (χ1v) is 9.76. The summed E-state index contributed by atoms with van der Waals surface area (Å²) in [5.74, 6) is 1.84. The molecule has 0 spiro atoms. The zero-order chi connectivity index (χ0) is 20.9. The minimum Gasteiger partial charge on any atom is -0.497 e. The highest BCUT2D eigenvalue weighted by Crippen LogP contribution is 2.39. The monoisotopic (exact) mass is 404 g/mol. The Morgan fingerprint density at radius 2 is 1.93 bits per heavy atom. The molecule has 1 atom stereocenters. The van der Waals surface area contributed by atoms with E-state index < -0.39 is 0 Å². The van der Waals surface area contributed by atoms with Gasteiger partial charge in [-0.2, -0.15) is 0 Å². The van der Waals surface area contributed by atoms with Gasteiger partial charge in [-0.15, -0.1) is 0 Å². The third kappa shape index (κ3) is 4.03. The molecule has 1 amide bonds. The molecule has 4 rings (SSSR count). The Kier molecular flexibility index (Phi) is 5.75. The van der Waals surface area contributed by atoms with Gasteiger partial charge in [0.05, 0.1) is 27.0 Å². The van der Waals surface area contributed by atoms with Crippen molar-refractivity contribution in [2.75, 3.05) is 14.2 Å². The molecule has 2 aromatic carbocycles. The van der Waals surface area contributed by atoms with Gasteiger partial charge in [-0.3, -0.25) is 4.79 Å². The molecule has 0 unspecified atom stereocenters. The van der Waals surface area contributed by atoms with Gasteiger partial charge in [-0.25, -0.2) is 0 Å². The average Bonchev–Trinajstić information content (AvgIpc) is 3.45. The van der Waals surface area contributed by atoms with Gasteiger partial charge >= 0.3 is 0 Å². The van der Waals surface area contributed by atoms with Crippen molar-refractivity contribution in [2.24, 2.45) is 0 Å². The smallest absolute Gasteiger partial charge is 0.221 e. The van der Waals surface area contributed by atoms with Crippen LogP contribution in [0.3, 0.4) is 0 Å². The maximum Gasteiger partial charge on any atom is 0.221 e. The van der Waals surface area contributed by atoms with E-state index in [9.17, 15) is 4.79 Å². The highest BCUT2D eigenvalue weighted by atomic mass is 16.5. The SMILES string of the molecule is COc1ccc([C@@H](CC(=O)NCc2ccco2)c2c[nH]c3ccccc23)c(OC)c1. The Morgan fingerprint density at radius 1 is 1.07 bits per heavy atom. The first-order valence-electron chi connectivity index (χ1n) is 9.76. The summed E-state index contributed by atoms with van der Waals surface area (Å²) in [7, 11) is 3.25. The molecule has 0 fully saturated rings. The summed E-state index contributed by atoms with van der Waals surface area (Å²) in [5, 5.41) is 4.03. The van der Waals surface area contributed by atoms with E-state index in [0.29, 0.717) is 23.8 Å². The number of methoxy groups -OCH3 is 2. The molecule has 0 saturated heterocycles. The fraction of sp³-hybridized carbons (Fsp3) is 0.208. The highest BCUT2D eigenvalue weighted by Gasteiger charge is 2.24. The number of ether oxygens (including phenoxy) is 2. The van der Waals surface area contributed by atoms with Crippen LogP contribution in [0.1, 0.15) is 29.2 Å². The second-order valence-corrected chi connectivity index (χ2v) is 7.01. The molecule has 0 aliphatic heterocycles. The van der Waals surface area contributed by atoms with Crippen LogP contribution in [0, 0.1) is 0 Å². The number of hydrogen-bond donors (Lipinski definition) is 2. The number of hydrogen-bond acceptors (Lipinski definition) is 4. The fourth-order valence-electron chi connectivity index (χ4n) is 3.73. The number of benzene rings is 2. The number of furan rings is 1. The lowest BCUT2D eigenvalue weighted by Gasteiger charge is -2.20. The second-order valence-electron chi connectivity index (χ2n) is 7.01. The van der Waals surface area contributed by atoms with Crippen molar-refractivity contribution in [2.45, 2.75) is 18.9 Å². The standard InChI is InChI=1S/C24H24N2O4/c1-28-16-9-10-19(23(12-16)29-2)20(13-24(27)26-14-17-6-5-11-30-17)21-15-25-22-8-4-3-7-18(21)22/h3-12,15,20,25H,13-14H2,1-2H3,(H,26,27)/t20-/m1/s1. The molecule has 0 aliphatic carbocycles. The Balaban J connectivity index is 1.69. The minimum atomic E-state index is -0.196. The largest absolute Gasteiger partial charge is 0.497 e. The summed E-state index contributed by atoms with van der Waals surface area (Å²) in [4.78, 5) is 16.2. The number of para-hydroxylation sites is 1. The van der Waals surface area contributed by atoms with E-state index in [2.05, 4.69) is 16.4 Å². The first-order chi connectivity index (χ1) is 14.7. The number of nitrogens with one attached hydrogen (secondary N) is 2. The van der Waals surface area contributed by atoms with E-state index in [1.165, 1.54) is 0 Å². The van der Waals surface area contributed by atoms with E-state index in [0.717, 1.165) is 22.0 Å². The van der Waals surface area contributed by atoms with Crippen LogP contribution in [0.15, 0.2) is 71.5 Å². The molecule has 2 N–H and O–H groups in total. The fourth-order valence-corrected chi connectivity index (χ4v) is 3.73. The summed E-state index contributed by atoms with van der Waals surface area (Å²) in [5.41, 5.74) is 3.00. The predicted molar refractivity (Wildman–Crippen MR) is 115 cm³/mol. The molecule has 6 nitrogen and oxygen atoms in total. The lowest BCUT2D eigenvalue weighted by atomic mass is 9.87. The first kappa shape index (κ1) is 19.6. The van der Waals surface area contributed by atoms with E-state index in [1.54, 1.807) is 26.5 Å². The zero-order valence-electron chi connectivity index (χ0n) is 17.0. The summed E-state index contributed by atoms with van der Waals surface area (Å²) in [6.07, 6.45) is 3.84. The van der Waals surface area contributed by atoms with Crippen molar-refractivity contribution in [3.63, 3.8) is 0 Å². The summed E-state index contributed by atoms with van der Waals surface area (Å²) in [6.45, 7) is 0.353. The van der Waals surface area contributed by atoms with Gasteiger partial charge in [0.15, 0.2) is 0 Å². The molecular weight excluding hydrogens is 380 g/mol. The van der Waals surface area contributed by atoms with Crippen LogP contribution in [0.2, 0.25) is 0 Å². The molecule has 2 aromatic heterocycles. The molecule has 4 aromatic rings. The number of aromatic amines is 1. The Labute approximate surface area is 174 Å². The number of fused-ring (bicyclic) bond motifs is 1. The highest BCUT2D eigenvalue weighted by molar-refractivity contribution is 5.86. The molecular formula is C24H24N2O4. The predicted octanol–water partition coefficient (Wildman–Crippen LogP) is 4.62. The Bertz CT molecular complexity index is 1130. The van der Waals surface area contributed by atoms with Gasteiger partial charge in [0.25, 0.3) is 0 Å². The number of rotatable bonds is 8. The van der Waals surface area contributed by atoms with Crippen LogP contribution < -0.4 is 14.8 Å². The lowest BCUT2D eigenvalue weighted by molar-refractivity contribution is -0.121. The molecule has 0 saturated carbocycles. The van der Waals surface area contributed by atoms with Gasteiger partial charge < -0.3 is 24.2 Å². The van der Waals surface area contributed by atoms with Crippen molar-refractivity contribution >= 4 is 16.8 Å². The summed E-state index contributed by atoms with van der Waals surface area (Å²) in [6, 6.07) is 17.4. The van der Waals surface area contributed by atoms with Gasteiger partial charge in [0, 0.05) is 41.1 Å². The molecule has 30 heavy (non-hydrogen) atoms. The maximum atomic E-state index is 12.8. The number of aromatic nitrogens is 1. The minimum absolute atomic E-state index is 0.0699. The quantitative estimate of drug-likeness (QED) is 0.449. The number of carbonyl (C=O) groups is 1. The van der Waals surface area contributed by atoms with Gasteiger partial charge in [-0.1, -0.05) is 24.3 Å². The third-order valence-corrected chi connectivity index (χ3v) is 5.24. The molecule has 0 aliphatic rings. The Hall–Kier alpha value is -3.67. The van der Waals surface area contributed by atoms with Crippen LogP contribution in [0.4, 0.5) is 0 Å². The van der Waals surface area contributed by atoms with Gasteiger partial charge in [0.2, 0.25) is 5.91 Å². The third-order valence-electron chi connectivity index (χ3n) is 5.24. The maximum absolute atomic E-state index is 12.8. The van der Waals surface area contributed by atoms with Crippen LogP contribution in [-0.2, 0) is 11.3 Å². The van der Waals surface area contributed by atoms with Crippen LogP contribution in [-0.4, -0.2) is 25.1 Å². The van der Waals surface area contributed by atoms with E-state index in [-0.39, 0.29) is 18.2 Å². The van der Waals surface area contributed by atoms with Crippen molar-refractivity contribution in [1.29, 1.82) is 0 Å². The van der Waals surface area contributed by atoms with Crippen LogP contribution in [0.5, 0.6) is 11.5 Å². The zero-order valence-corrected chi connectivity index (χ0v) is 17.0. The number of amides is 1. The van der Waals surface area contributed by atoms with Crippen molar-refractivity contribution in [3.8, 4) is 11.5 Å². The van der Waals surface area contributed by atoms with E-state index >= 15 is 0 Å². The van der Waals surface area contributed by atoms with Gasteiger partial charge in [0.1, 0.15) is 17.3 Å². The van der Waals surface area contributed by atoms with Crippen molar-refractivity contribution in [3.05, 3.63) is 83.9 Å². The topological polar surface area (TPSA) is 76.5 Å². The normalized spacial score (nSPS) is 11.9. The van der Waals surface area contributed by atoms with Crippen molar-refractivity contribution in [1.82, 2.24) is 10.3 Å². The molecule has 2 heterocycles. The lowest BCUT2D eigenvalue weighted by Crippen LogP contribution is -2.25. The Morgan fingerprint density at radius 3 is 2.70 bits per heavy atom. The van der Waals surface area contributed by atoms with Crippen molar-refractivity contribution < 1.29 is 18.7 Å². The molecule has 6 heteroatoms. The second kappa shape index (κ2) is 8.78. The van der Waals surface area contributed by atoms with Crippen LogP contribution >= 0.6 is 0 Å². The number of carbonyl (C=O) groups excluding carboxylic acids is 1. The molecule has 154 valence electrons.